The van der Waals surface area contributed by atoms with Crippen LogP contribution in [0.25, 0.3) is 11.0 Å². The molecule has 0 atom stereocenters. The fourth-order valence-electron chi connectivity index (χ4n) is 2.48. The van der Waals surface area contributed by atoms with Crippen molar-refractivity contribution in [3.8, 4) is 17.2 Å². The molecule has 1 heterocycles. The Kier molecular flexibility index (Phi) is 5.17. The highest BCUT2D eigenvalue weighted by Crippen LogP contribution is 2.39. The molecule has 0 spiro atoms. The summed E-state index contributed by atoms with van der Waals surface area (Å²) in [5.74, 6) is 1.11. The quantitative estimate of drug-likeness (QED) is 0.387. The molecule has 0 aliphatic carbocycles. The van der Waals surface area contributed by atoms with Crippen molar-refractivity contribution in [1.82, 2.24) is 9.97 Å². The third-order valence-electron chi connectivity index (χ3n) is 3.74. The number of hydrogen-bond donors (Lipinski definition) is 1. The molecule has 0 fully saturated rings. The number of H-pyrrole nitrogens is 1. The van der Waals surface area contributed by atoms with Crippen LogP contribution in [0.15, 0.2) is 35.5 Å². The molecule has 27 heavy (non-hydrogen) atoms. The Morgan fingerprint density at radius 2 is 1.78 bits per heavy atom. The summed E-state index contributed by atoms with van der Waals surface area (Å²) in [6, 6.07) is 7.35. The summed E-state index contributed by atoms with van der Waals surface area (Å²) in [6.45, 7) is 0. The minimum Gasteiger partial charge on any atom is -0.493 e. The summed E-state index contributed by atoms with van der Waals surface area (Å²) in [7, 11) is 4.40. The molecule has 10 heteroatoms. The van der Waals surface area contributed by atoms with Crippen LogP contribution in [-0.4, -0.2) is 41.3 Å². The third-order valence-corrected chi connectivity index (χ3v) is 4.55. The Bertz CT molecular complexity index is 1010. The van der Waals surface area contributed by atoms with Crippen LogP contribution < -0.4 is 14.2 Å². The third kappa shape index (κ3) is 3.65. The van der Waals surface area contributed by atoms with E-state index < -0.39 is 4.92 Å². The predicted molar refractivity (Wildman–Crippen MR) is 99.0 cm³/mol. The molecule has 2 aromatic carbocycles. The van der Waals surface area contributed by atoms with Gasteiger partial charge in [-0.25, -0.2) is 4.98 Å². The Morgan fingerprint density at radius 1 is 1.11 bits per heavy atom. The Morgan fingerprint density at radius 3 is 2.33 bits per heavy atom. The fourth-order valence-corrected chi connectivity index (χ4v) is 3.20. The minimum atomic E-state index is -0.492. The average molecular weight is 389 g/mol. The summed E-state index contributed by atoms with van der Waals surface area (Å²) in [4.78, 5) is 30.2. The van der Waals surface area contributed by atoms with Crippen LogP contribution in [0.5, 0.6) is 17.2 Å². The normalized spacial score (nSPS) is 10.6. The maximum Gasteiger partial charge on any atom is 0.271 e. The van der Waals surface area contributed by atoms with Gasteiger partial charge in [-0.1, -0.05) is 0 Å². The molecule has 0 unspecified atom stereocenters. The number of rotatable bonds is 6. The first-order chi connectivity index (χ1) is 13.0. The smallest absolute Gasteiger partial charge is 0.271 e. The van der Waals surface area contributed by atoms with E-state index in [4.69, 9.17) is 14.2 Å². The zero-order valence-electron chi connectivity index (χ0n) is 14.6. The molecule has 9 nitrogen and oxygen atoms in total. The highest BCUT2D eigenvalue weighted by Gasteiger charge is 2.19. The number of nitro groups is 1. The van der Waals surface area contributed by atoms with Crippen molar-refractivity contribution in [2.24, 2.45) is 0 Å². The molecule has 0 bridgehead atoms. The van der Waals surface area contributed by atoms with Crippen LogP contribution in [0, 0.1) is 10.1 Å². The Balaban J connectivity index is 1.91. The number of hydrogen-bond acceptors (Lipinski definition) is 8. The number of nitrogens with one attached hydrogen (secondary N) is 1. The molecular formula is C17H15N3O6S. The molecule has 140 valence electrons. The molecule has 0 saturated heterocycles. The second-order valence-corrected chi connectivity index (χ2v) is 6.27. The van der Waals surface area contributed by atoms with Crippen molar-refractivity contribution < 1.29 is 23.9 Å². The number of methoxy groups -OCH3 is 3. The topological polar surface area (TPSA) is 117 Å². The predicted octanol–water partition coefficient (Wildman–Crippen LogP) is 3.43. The first-order valence-electron chi connectivity index (χ1n) is 7.63. The lowest BCUT2D eigenvalue weighted by Crippen LogP contribution is -2.00. The number of ether oxygens (including phenoxy) is 3. The summed E-state index contributed by atoms with van der Waals surface area (Å²) < 4.78 is 15.7. The second kappa shape index (κ2) is 7.54. The summed E-state index contributed by atoms with van der Waals surface area (Å²) in [5, 5.41) is 10.9. The van der Waals surface area contributed by atoms with Crippen LogP contribution in [0.3, 0.4) is 0 Å². The van der Waals surface area contributed by atoms with Gasteiger partial charge in [0.1, 0.15) is 0 Å². The van der Waals surface area contributed by atoms with E-state index in [2.05, 4.69) is 9.97 Å². The maximum atomic E-state index is 12.6. The lowest BCUT2D eigenvalue weighted by atomic mass is 10.2. The van der Waals surface area contributed by atoms with Gasteiger partial charge in [-0.15, -0.1) is 0 Å². The average Bonchev–Trinajstić information content (AvgIpc) is 3.07. The maximum absolute atomic E-state index is 12.6. The van der Waals surface area contributed by atoms with Crippen LogP contribution in [0.1, 0.15) is 10.4 Å². The number of aromatic nitrogens is 2. The Hall–Kier alpha value is -3.27. The van der Waals surface area contributed by atoms with Gasteiger partial charge in [0.05, 0.1) is 37.3 Å². The number of imidazole rings is 1. The zero-order valence-corrected chi connectivity index (χ0v) is 15.5. The van der Waals surface area contributed by atoms with Gasteiger partial charge in [-0.2, -0.15) is 0 Å². The van der Waals surface area contributed by atoms with E-state index in [0.29, 0.717) is 39.0 Å². The van der Waals surface area contributed by atoms with E-state index in [1.807, 2.05) is 0 Å². The fraction of sp³-hybridized carbons (Fsp3) is 0.176. The number of non-ortho nitro benzene ring substituents is 1. The van der Waals surface area contributed by atoms with Gasteiger partial charge in [0.15, 0.2) is 16.7 Å². The highest BCUT2D eigenvalue weighted by atomic mass is 32.2. The van der Waals surface area contributed by atoms with Gasteiger partial charge in [0.2, 0.25) is 10.9 Å². The monoisotopic (exact) mass is 389 g/mol. The van der Waals surface area contributed by atoms with Gasteiger partial charge >= 0.3 is 0 Å². The molecule has 0 aliphatic heterocycles. The summed E-state index contributed by atoms with van der Waals surface area (Å²) >= 11 is 0.861. The van der Waals surface area contributed by atoms with Crippen molar-refractivity contribution in [1.29, 1.82) is 0 Å². The van der Waals surface area contributed by atoms with E-state index in [1.54, 1.807) is 12.1 Å². The SMILES string of the molecule is COc1cc(C(=O)Sc2nc3ccc([N+](=O)[O-])cc3[nH]2)cc(OC)c1OC. The highest BCUT2D eigenvalue weighted by molar-refractivity contribution is 8.14. The largest absolute Gasteiger partial charge is 0.493 e. The van der Waals surface area contributed by atoms with E-state index >= 15 is 0 Å². The molecule has 3 aromatic rings. The molecule has 3 rings (SSSR count). The molecule has 0 radical (unpaired) electrons. The number of fused-ring (bicyclic) bond motifs is 1. The van der Waals surface area contributed by atoms with E-state index in [1.165, 1.54) is 39.5 Å². The van der Waals surface area contributed by atoms with Crippen molar-refractivity contribution in [3.05, 3.63) is 46.0 Å². The minimum absolute atomic E-state index is 0.0568. The molecule has 0 saturated carbocycles. The lowest BCUT2D eigenvalue weighted by molar-refractivity contribution is -0.384. The van der Waals surface area contributed by atoms with Gasteiger partial charge in [0.25, 0.3) is 5.69 Å². The molecule has 1 N–H and O–H groups in total. The van der Waals surface area contributed by atoms with Gasteiger partial charge in [-0.05, 0) is 30.0 Å². The number of carbonyl (C=O) groups excluding carboxylic acids is 1. The second-order valence-electron chi connectivity index (χ2n) is 5.30. The van der Waals surface area contributed by atoms with Crippen molar-refractivity contribution in [3.63, 3.8) is 0 Å². The number of benzene rings is 2. The number of thioether (sulfide) groups is 1. The first kappa shape index (κ1) is 18.5. The van der Waals surface area contributed by atoms with Gasteiger partial charge < -0.3 is 19.2 Å². The molecule has 0 amide bonds. The van der Waals surface area contributed by atoms with E-state index in [-0.39, 0.29) is 10.8 Å². The standard InChI is InChI=1S/C17H15N3O6S/c1-24-13-6-9(7-14(25-2)15(13)26-3)16(21)27-17-18-11-5-4-10(20(22)23)8-12(11)19-17/h4-8H,1-3H3,(H,18,19). The summed E-state index contributed by atoms with van der Waals surface area (Å²) in [6.07, 6.45) is 0. The number of nitro benzene ring substituents is 1. The Labute approximate surface area is 157 Å². The van der Waals surface area contributed by atoms with Gasteiger partial charge in [-0.3, -0.25) is 14.9 Å². The van der Waals surface area contributed by atoms with Gasteiger partial charge in [0, 0.05) is 17.7 Å². The zero-order chi connectivity index (χ0) is 19.6. The molecule has 1 aromatic heterocycles. The van der Waals surface area contributed by atoms with E-state index in [0.717, 1.165) is 11.8 Å². The van der Waals surface area contributed by atoms with Crippen molar-refractivity contribution in [2.45, 2.75) is 5.16 Å². The van der Waals surface area contributed by atoms with Crippen molar-refractivity contribution in [2.75, 3.05) is 21.3 Å². The summed E-state index contributed by atoms with van der Waals surface area (Å²) in [5.41, 5.74) is 1.28. The number of carbonyl (C=O) groups is 1. The van der Waals surface area contributed by atoms with Crippen LogP contribution in [0.2, 0.25) is 0 Å². The molecule has 0 aliphatic rings. The van der Waals surface area contributed by atoms with Crippen LogP contribution in [0.4, 0.5) is 5.69 Å². The van der Waals surface area contributed by atoms with E-state index in [9.17, 15) is 14.9 Å². The van der Waals surface area contributed by atoms with Crippen molar-refractivity contribution >= 4 is 33.6 Å². The number of nitrogens with zero attached hydrogens (tertiary/aromatic N) is 2. The van der Waals surface area contributed by atoms with Crippen LogP contribution >= 0.6 is 11.8 Å². The molecular weight excluding hydrogens is 374 g/mol. The van der Waals surface area contributed by atoms with Crippen LogP contribution in [-0.2, 0) is 0 Å². The number of aromatic amines is 1. The first-order valence-corrected chi connectivity index (χ1v) is 8.44. The lowest BCUT2D eigenvalue weighted by Gasteiger charge is -2.13.